The second-order valence-electron chi connectivity index (χ2n) is 7.68. The number of guanidine groups is 1. The summed E-state index contributed by atoms with van der Waals surface area (Å²) in [4.78, 5) is 4.37. The Morgan fingerprint density at radius 3 is 2.56 bits per heavy atom. The second kappa shape index (κ2) is 10.1. The lowest BCUT2D eigenvalue weighted by Gasteiger charge is -2.43. The lowest BCUT2D eigenvalue weighted by atomic mass is 9.64. The van der Waals surface area contributed by atoms with Gasteiger partial charge in [0, 0.05) is 19.3 Å². The Labute approximate surface area is 179 Å². The summed E-state index contributed by atoms with van der Waals surface area (Å²) in [5.41, 5.74) is 1.50. The average Bonchev–Trinajstić information content (AvgIpc) is 3.08. The molecule has 1 aliphatic rings. The molecule has 6 nitrogen and oxygen atoms in total. The van der Waals surface area contributed by atoms with Crippen molar-refractivity contribution in [3.8, 4) is 5.69 Å². The number of nitrogens with one attached hydrogen (secondary N) is 2. The molecule has 2 aromatic rings. The quantitative estimate of drug-likeness (QED) is 0.358. The minimum Gasteiger partial charge on any atom is -0.356 e. The zero-order valence-corrected chi connectivity index (χ0v) is 18.8. The standard InChI is InChI=1S/C20H30N6.HI/c1-16(2)12-20(10-7-11-20)14-23-19(21-3)22-13-18-25-24-15-26(18)17-8-5-4-6-9-17;/h4-6,8-9,15-16H,7,10-14H2,1-3H3,(H2,21,22,23);1H. The van der Waals surface area contributed by atoms with Crippen molar-refractivity contribution < 1.29 is 0 Å². The van der Waals surface area contributed by atoms with Gasteiger partial charge in [0.25, 0.3) is 0 Å². The van der Waals surface area contributed by atoms with Crippen molar-refractivity contribution in [3.05, 3.63) is 42.5 Å². The van der Waals surface area contributed by atoms with Crippen LogP contribution in [0.1, 0.15) is 45.4 Å². The highest BCUT2D eigenvalue weighted by Gasteiger charge is 2.37. The van der Waals surface area contributed by atoms with E-state index in [2.05, 4.69) is 39.7 Å². The van der Waals surface area contributed by atoms with E-state index in [1.807, 2.05) is 41.9 Å². The Morgan fingerprint density at radius 2 is 1.96 bits per heavy atom. The van der Waals surface area contributed by atoms with Gasteiger partial charge in [-0.3, -0.25) is 9.56 Å². The van der Waals surface area contributed by atoms with Crippen LogP contribution in [0, 0.1) is 11.3 Å². The van der Waals surface area contributed by atoms with Crippen LogP contribution in [-0.4, -0.2) is 34.3 Å². The van der Waals surface area contributed by atoms with Crippen molar-refractivity contribution in [2.24, 2.45) is 16.3 Å². The van der Waals surface area contributed by atoms with Crippen LogP contribution < -0.4 is 10.6 Å². The van der Waals surface area contributed by atoms with E-state index in [0.29, 0.717) is 12.0 Å². The third-order valence-electron chi connectivity index (χ3n) is 5.18. The van der Waals surface area contributed by atoms with Gasteiger partial charge in [-0.2, -0.15) is 0 Å². The highest BCUT2D eigenvalue weighted by atomic mass is 127. The van der Waals surface area contributed by atoms with Gasteiger partial charge in [-0.1, -0.05) is 38.5 Å². The van der Waals surface area contributed by atoms with Gasteiger partial charge < -0.3 is 10.6 Å². The van der Waals surface area contributed by atoms with Crippen molar-refractivity contribution in [3.63, 3.8) is 0 Å². The van der Waals surface area contributed by atoms with Gasteiger partial charge in [0.1, 0.15) is 6.33 Å². The summed E-state index contributed by atoms with van der Waals surface area (Å²) in [5, 5.41) is 15.2. The van der Waals surface area contributed by atoms with Gasteiger partial charge in [-0.15, -0.1) is 34.2 Å². The normalized spacial score (nSPS) is 15.8. The van der Waals surface area contributed by atoms with Crippen molar-refractivity contribution >= 4 is 29.9 Å². The van der Waals surface area contributed by atoms with Gasteiger partial charge in [0.15, 0.2) is 11.8 Å². The molecule has 0 radical (unpaired) electrons. The maximum atomic E-state index is 4.37. The Balaban J connectivity index is 0.00000261. The molecule has 1 saturated carbocycles. The molecule has 0 unspecified atom stereocenters. The van der Waals surface area contributed by atoms with Crippen LogP contribution in [0.25, 0.3) is 5.69 Å². The van der Waals surface area contributed by atoms with Crippen molar-refractivity contribution in [2.75, 3.05) is 13.6 Å². The van der Waals surface area contributed by atoms with E-state index in [0.717, 1.165) is 29.9 Å². The fourth-order valence-corrected chi connectivity index (χ4v) is 3.83. The molecule has 0 atom stereocenters. The summed E-state index contributed by atoms with van der Waals surface area (Å²) in [6.45, 7) is 6.18. The van der Waals surface area contributed by atoms with E-state index in [9.17, 15) is 0 Å². The minimum absolute atomic E-state index is 0. The summed E-state index contributed by atoms with van der Waals surface area (Å²) in [5.74, 6) is 2.42. The summed E-state index contributed by atoms with van der Waals surface area (Å²) < 4.78 is 1.99. The van der Waals surface area contributed by atoms with Crippen LogP contribution in [-0.2, 0) is 6.54 Å². The topological polar surface area (TPSA) is 67.1 Å². The molecule has 0 bridgehead atoms. The number of halogens is 1. The summed E-state index contributed by atoms with van der Waals surface area (Å²) in [7, 11) is 1.81. The Bertz CT molecular complexity index is 721. The Morgan fingerprint density at radius 1 is 1.22 bits per heavy atom. The van der Waals surface area contributed by atoms with Gasteiger partial charge in [-0.05, 0) is 42.7 Å². The molecule has 0 saturated heterocycles. The molecule has 1 fully saturated rings. The first kappa shape index (κ1) is 21.7. The van der Waals surface area contributed by atoms with Crippen LogP contribution in [0.3, 0.4) is 0 Å². The van der Waals surface area contributed by atoms with Crippen LogP contribution in [0.15, 0.2) is 41.7 Å². The summed E-state index contributed by atoms with van der Waals surface area (Å²) in [6, 6.07) is 10.1. The van der Waals surface area contributed by atoms with Crippen LogP contribution >= 0.6 is 24.0 Å². The zero-order chi connectivity index (χ0) is 18.4. The number of hydrogen-bond donors (Lipinski definition) is 2. The Hall–Kier alpha value is -1.64. The molecule has 0 aliphatic heterocycles. The molecule has 1 aromatic heterocycles. The predicted octanol–water partition coefficient (Wildman–Crippen LogP) is 3.77. The van der Waals surface area contributed by atoms with Crippen molar-refractivity contribution in [2.45, 2.75) is 46.1 Å². The zero-order valence-electron chi connectivity index (χ0n) is 16.5. The number of hydrogen-bond acceptors (Lipinski definition) is 3. The fraction of sp³-hybridized carbons (Fsp3) is 0.550. The maximum Gasteiger partial charge on any atom is 0.191 e. The smallest absolute Gasteiger partial charge is 0.191 e. The SMILES string of the molecule is CN=C(NCc1nncn1-c1ccccc1)NCC1(CC(C)C)CCC1.I. The largest absolute Gasteiger partial charge is 0.356 e. The van der Waals surface area contributed by atoms with Crippen LogP contribution in [0.4, 0.5) is 0 Å². The number of benzene rings is 1. The molecule has 2 N–H and O–H groups in total. The lowest BCUT2D eigenvalue weighted by molar-refractivity contribution is 0.104. The molecule has 0 spiro atoms. The van der Waals surface area contributed by atoms with E-state index in [-0.39, 0.29) is 24.0 Å². The average molecular weight is 482 g/mol. The predicted molar refractivity (Wildman–Crippen MR) is 121 cm³/mol. The lowest BCUT2D eigenvalue weighted by Crippen LogP contribution is -2.46. The Kier molecular flexibility index (Phi) is 8.07. The maximum absolute atomic E-state index is 4.37. The number of aromatic nitrogens is 3. The molecule has 0 amide bonds. The number of aliphatic imine (C=N–C) groups is 1. The molecule has 3 rings (SSSR count). The highest BCUT2D eigenvalue weighted by molar-refractivity contribution is 14.0. The van der Waals surface area contributed by atoms with Crippen LogP contribution in [0.2, 0.25) is 0 Å². The van der Waals surface area contributed by atoms with Gasteiger partial charge in [0.2, 0.25) is 0 Å². The highest BCUT2D eigenvalue weighted by Crippen LogP contribution is 2.45. The minimum atomic E-state index is 0. The molecule has 148 valence electrons. The second-order valence-corrected chi connectivity index (χ2v) is 7.68. The molecule has 7 heteroatoms. The molecule has 1 aliphatic carbocycles. The van der Waals surface area contributed by atoms with E-state index < -0.39 is 0 Å². The summed E-state index contributed by atoms with van der Waals surface area (Å²) >= 11 is 0. The monoisotopic (exact) mass is 482 g/mol. The molecular formula is C20H31IN6. The first-order chi connectivity index (χ1) is 12.6. The van der Waals surface area contributed by atoms with E-state index >= 15 is 0 Å². The van der Waals surface area contributed by atoms with E-state index in [1.165, 1.54) is 25.7 Å². The van der Waals surface area contributed by atoms with Gasteiger partial charge >= 0.3 is 0 Å². The number of nitrogens with zero attached hydrogens (tertiary/aromatic N) is 4. The van der Waals surface area contributed by atoms with Crippen molar-refractivity contribution in [1.82, 2.24) is 25.4 Å². The molecule has 1 aromatic carbocycles. The van der Waals surface area contributed by atoms with Gasteiger partial charge in [0.05, 0.1) is 6.54 Å². The fourth-order valence-electron chi connectivity index (χ4n) is 3.83. The van der Waals surface area contributed by atoms with Crippen LogP contribution in [0.5, 0.6) is 0 Å². The first-order valence-corrected chi connectivity index (χ1v) is 9.51. The third kappa shape index (κ3) is 5.67. The first-order valence-electron chi connectivity index (χ1n) is 9.51. The number of para-hydroxylation sites is 1. The van der Waals surface area contributed by atoms with E-state index in [4.69, 9.17) is 0 Å². The van der Waals surface area contributed by atoms with E-state index in [1.54, 1.807) is 6.33 Å². The number of rotatable bonds is 7. The van der Waals surface area contributed by atoms with Crippen molar-refractivity contribution in [1.29, 1.82) is 0 Å². The third-order valence-corrected chi connectivity index (χ3v) is 5.18. The summed E-state index contributed by atoms with van der Waals surface area (Å²) in [6.07, 6.45) is 7.00. The molecule has 1 heterocycles. The molecular weight excluding hydrogens is 451 g/mol. The molecule has 27 heavy (non-hydrogen) atoms. The van der Waals surface area contributed by atoms with Gasteiger partial charge in [-0.25, -0.2) is 0 Å².